The van der Waals surface area contributed by atoms with Gasteiger partial charge in [0.15, 0.2) is 5.78 Å². The lowest BCUT2D eigenvalue weighted by molar-refractivity contribution is -0.129. The minimum Gasteiger partial charge on any atom is -0.481 e. The van der Waals surface area contributed by atoms with Gasteiger partial charge in [0.2, 0.25) is 11.8 Å². The molecule has 1 fully saturated rings. The predicted molar refractivity (Wildman–Crippen MR) is 88.3 cm³/mol. The van der Waals surface area contributed by atoms with Crippen molar-refractivity contribution in [2.45, 2.75) is 37.6 Å². The fourth-order valence-corrected chi connectivity index (χ4v) is 3.24. The highest BCUT2D eigenvalue weighted by atomic mass is 16.5. The van der Waals surface area contributed by atoms with Gasteiger partial charge in [-0.1, -0.05) is 6.07 Å². The van der Waals surface area contributed by atoms with Gasteiger partial charge in [0.05, 0.1) is 13.5 Å². The summed E-state index contributed by atoms with van der Waals surface area (Å²) in [4.78, 5) is 39.6. The fraction of sp³-hybridized carbons (Fsp3) is 0.412. The Kier molecular flexibility index (Phi) is 4.69. The molecule has 1 aliphatic heterocycles. The van der Waals surface area contributed by atoms with Crippen LogP contribution >= 0.6 is 0 Å². The highest BCUT2D eigenvalue weighted by Crippen LogP contribution is 2.34. The van der Waals surface area contributed by atoms with Crippen LogP contribution in [0, 0.1) is 0 Å². The number of amides is 2. The normalized spacial score (nSPS) is 23.4. The lowest BCUT2D eigenvalue weighted by Gasteiger charge is -2.19. The second-order valence-corrected chi connectivity index (χ2v) is 6.25. The van der Waals surface area contributed by atoms with Crippen molar-refractivity contribution >= 4 is 17.6 Å². The Morgan fingerprint density at radius 2 is 2.16 bits per heavy atom. The highest BCUT2D eigenvalue weighted by Gasteiger charge is 2.31. The molecule has 0 saturated heterocycles. The summed E-state index contributed by atoms with van der Waals surface area (Å²) in [6.45, 7) is 0. The van der Waals surface area contributed by atoms with E-state index in [1.165, 1.54) is 0 Å². The van der Waals surface area contributed by atoms with Gasteiger partial charge < -0.3 is 21.1 Å². The number of carbonyl (C=O) groups is 3. The number of allylic oxidation sites excluding steroid dienone is 1. The third-order valence-corrected chi connectivity index (χ3v) is 4.59. The van der Waals surface area contributed by atoms with Gasteiger partial charge in [0, 0.05) is 18.3 Å². The number of pyridine rings is 1. The second-order valence-electron chi connectivity index (χ2n) is 6.25. The first-order valence-electron chi connectivity index (χ1n) is 8.11. The van der Waals surface area contributed by atoms with Crippen LogP contribution in [0.2, 0.25) is 0 Å². The molecule has 1 aromatic rings. The van der Waals surface area contributed by atoms with Gasteiger partial charge in [-0.05, 0) is 30.7 Å². The third kappa shape index (κ3) is 3.62. The number of hydrogen-bond donors (Lipinski definition) is 3. The molecule has 2 aliphatic rings. The van der Waals surface area contributed by atoms with Gasteiger partial charge in [-0.25, -0.2) is 4.98 Å². The molecular weight excluding hydrogens is 324 g/mol. The molecule has 1 aliphatic carbocycles. The van der Waals surface area contributed by atoms with E-state index in [9.17, 15) is 14.4 Å². The van der Waals surface area contributed by atoms with E-state index in [-0.39, 0.29) is 29.8 Å². The number of rotatable bonds is 4. The van der Waals surface area contributed by atoms with E-state index >= 15 is 0 Å². The molecule has 0 unspecified atom stereocenters. The summed E-state index contributed by atoms with van der Waals surface area (Å²) in [5.41, 5.74) is 6.40. The Balaban J connectivity index is 1.62. The first kappa shape index (κ1) is 16.9. The molecule has 2 atom stereocenters. The number of Topliss-reactive ketones (excluding diaryl/α,β-unsaturated/α-hetero) is 1. The number of nitrogens with two attached hydrogens (primary N) is 1. The molecule has 132 valence electrons. The van der Waals surface area contributed by atoms with Crippen molar-refractivity contribution in [1.29, 1.82) is 0 Å². The number of carbonyl (C=O) groups excluding carboxylic acids is 3. The van der Waals surface area contributed by atoms with Gasteiger partial charge in [0.25, 0.3) is 5.91 Å². The van der Waals surface area contributed by atoms with Gasteiger partial charge in [-0.15, -0.1) is 0 Å². The zero-order valence-electron chi connectivity index (χ0n) is 13.9. The minimum atomic E-state index is -0.525. The number of nitrogens with one attached hydrogen (secondary N) is 2. The summed E-state index contributed by atoms with van der Waals surface area (Å²) < 4.78 is 5.05. The molecule has 0 radical (unpaired) electrons. The van der Waals surface area contributed by atoms with Crippen molar-refractivity contribution in [2.75, 3.05) is 7.11 Å². The lowest BCUT2D eigenvalue weighted by atomic mass is 9.99. The molecule has 2 amide bonds. The molecule has 0 bridgehead atoms. The molecule has 3 rings (SSSR count). The van der Waals surface area contributed by atoms with Crippen LogP contribution in [0.1, 0.15) is 37.2 Å². The zero-order chi connectivity index (χ0) is 18.0. The molecule has 0 spiro atoms. The number of aromatic nitrogens is 1. The molecular formula is C17H20N4O4. The third-order valence-electron chi connectivity index (χ3n) is 4.59. The molecule has 8 nitrogen and oxygen atoms in total. The van der Waals surface area contributed by atoms with Crippen molar-refractivity contribution in [2.24, 2.45) is 5.73 Å². The van der Waals surface area contributed by atoms with Gasteiger partial charge >= 0.3 is 0 Å². The molecule has 4 N–H and O–H groups in total. The summed E-state index contributed by atoms with van der Waals surface area (Å²) in [6.07, 6.45) is 3.94. The van der Waals surface area contributed by atoms with Gasteiger partial charge in [-0.3, -0.25) is 14.4 Å². The minimum absolute atomic E-state index is 0.0474. The number of ketones is 1. The summed E-state index contributed by atoms with van der Waals surface area (Å²) in [5.74, 6) is -0.706. The monoisotopic (exact) mass is 344 g/mol. The number of hydrogen-bond acceptors (Lipinski definition) is 6. The van der Waals surface area contributed by atoms with Crippen LogP contribution in [0.3, 0.4) is 0 Å². The Hall–Kier alpha value is -2.90. The zero-order valence-corrected chi connectivity index (χ0v) is 13.9. The van der Waals surface area contributed by atoms with E-state index in [1.54, 1.807) is 13.3 Å². The maximum atomic E-state index is 12.3. The van der Waals surface area contributed by atoms with E-state index in [0.29, 0.717) is 5.88 Å². The molecule has 0 aromatic carbocycles. The van der Waals surface area contributed by atoms with E-state index in [1.807, 2.05) is 12.1 Å². The number of nitrogens with zero attached hydrogens (tertiary/aromatic N) is 1. The standard InChI is InChI=1S/C17H20N4O4/c1-25-14-5-3-10(8-19-14)9-2-4-11(6-9)20-17(24)16-15(18)12(22)7-13(23)21-16/h3,5,8-9,11H,2,4,6-7,18H2,1H3,(H,20,24)(H,21,23)/t9-,11+/m1/s1. The van der Waals surface area contributed by atoms with Crippen molar-refractivity contribution in [3.63, 3.8) is 0 Å². The van der Waals surface area contributed by atoms with Crippen molar-refractivity contribution in [3.05, 3.63) is 35.3 Å². The van der Waals surface area contributed by atoms with Crippen LogP contribution in [0.25, 0.3) is 0 Å². The van der Waals surface area contributed by atoms with Crippen LogP contribution in [0.5, 0.6) is 5.88 Å². The lowest BCUT2D eigenvalue weighted by Crippen LogP contribution is -2.45. The van der Waals surface area contributed by atoms with Crippen LogP contribution < -0.4 is 21.1 Å². The SMILES string of the molecule is COc1ccc([C@@H]2CC[C@H](NC(=O)C3=C(N)C(=O)CC(=O)N3)C2)cn1. The molecule has 1 saturated carbocycles. The first-order valence-corrected chi connectivity index (χ1v) is 8.11. The largest absolute Gasteiger partial charge is 0.481 e. The van der Waals surface area contributed by atoms with Crippen molar-refractivity contribution < 1.29 is 19.1 Å². The van der Waals surface area contributed by atoms with E-state index in [0.717, 1.165) is 24.8 Å². The van der Waals surface area contributed by atoms with Gasteiger partial charge in [-0.2, -0.15) is 0 Å². The van der Waals surface area contributed by atoms with E-state index in [4.69, 9.17) is 10.5 Å². The fourth-order valence-electron chi connectivity index (χ4n) is 3.24. The maximum absolute atomic E-state index is 12.3. The average Bonchev–Trinajstić information content (AvgIpc) is 3.06. The average molecular weight is 344 g/mol. The van der Waals surface area contributed by atoms with Crippen molar-refractivity contribution in [3.8, 4) is 5.88 Å². The van der Waals surface area contributed by atoms with E-state index < -0.39 is 17.6 Å². The molecule has 8 heteroatoms. The number of methoxy groups -OCH3 is 1. The quantitative estimate of drug-likeness (QED) is 0.666. The van der Waals surface area contributed by atoms with Crippen LogP contribution in [0.4, 0.5) is 0 Å². The van der Waals surface area contributed by atoms with Crippen LogP contribution in [-0.2, 0) is 14.4 Å². The maximum Gasteiger partial charge on any atom is 0.270 e. The van der Waals surface area contributed by atoms with Gasteiger partial charge in [0.1, 0.15) is 11.4 Å². The Morgan fingerprint density at radius 3 is 2.84 bits per heavy atom. The molecule has 1 aromatic heterocycles. The summed E-state index contributed by atoms with van der Waals surface area (Å²) in [5, 5.41) is 5.24. The molecule has 2 heterocycles. The Bertz CT molecular complexity index is 742. The highest BCUT2D eigenvalue weighted by molar-refractivity contribution is 6.16. The number of ether oxygens (including phenoxy) is 1. The van der Waals surface area contributed by atoms with Crippen molar-refractivity contribution in [1.82, 2.24) is 15.6 Å². The van der Waals surface area contributed by atoms with Crippen LogP contribution in [0.15, 0.2) is 29.7 Å². The summed E-state index contributed by atoms with van der Waals surface area (Å²) >= 11 is 0. The second kappa shape index (κ2) is 6.92. The smallest absolute Gasteiger partial charge is 0.270 e. The Labute approximate surface area is 144 Å². The van der Waals surface area contributed by atoms with E-state index in [2.05, 4.69) is 15.6 Å². The summed E-state index contributed by atoms with van der Waals surface area (Å²) in [7, 11) is 1.57. The predicted octanol–water partition coefficient (Wildman–Crippen LogP) is 0.102. The Morgan fingerprint density at radius 1 is 1.36 bits per heavy atom. The molecule has 25 heavy (non-hydrogen) atoms. The summed E-state index contributed by atoms with van der Waals surface area (Å²) in [6, 6.07) is 3.74. The van der Waals surface area contributed by atoms with Crippen LogP contribution in [-0.4, -0.2) is 35.7 Å². The topological polar surface area (TPSA) is 123 Å². The first-order chi connectivity index (χ1) is 12.0.